The zero-order chi connectivity index (χ0) is 12.8. The molecule has 1 heterocycles. The van der Waals surface area contributed by atoms with Gasteiger partial charge in [0.05, 0.1) is 12.3 Å². The van der Waals surface area contributed by atoms with Crippen LogP contribution >= 0.6 is 0 Å². The van der Waals surface area contributed by atoms with Gasteiger partial charge in [-0.25, -0.2) is 14.6 Å². The Balaban J connectivity index is 3.02. The van der Waals surface area contributed by atoms with Crippen molar-refractivity contribution in [3.05, 3.63) is 17.8 Å². The van der Waals surface area contributed by atoms with Gasteiger partial charge in [0.1, 0.15) is 0 Å². The normalized spacial score (nSPS) is 9.71. The summed E-state index contributed by atoms with van der Waals surface area (Å²) in [5.41, 5.74) is 0.376. The third kappa shape index (κ3) is 3.95. The average Bonchev–Trinajstić information content (AvgIpc) is 2.21. The maximum Gasteiger partial charge on any atom is 0.512 e. The topological polar surface area (TPSA) is 115 Å². The summed E-state index contributed by atoms with van der Waals surface area (Å²) in [7, 11) is 1.43. The highest BCUT2D eigenvalue weighted by Crippen LogP contribution is 2.25. The fraction of sp³-hybridized carbons (Fsp3) is 0.222. The van der Waals surface area contributed by atoms with E-state index in [-0.39, 0.29) is 12.4 Å². The molecule has 1 aromatic rings. The predicted molar refractivity (Wildman–Crippen MR) is 52.3 cm³/mol. The molecule has 2 N–H and O–H groups in total. The van der Waals surface area contributed by atoms with E-state index < -0.39 is 18.2 Å². The van der Waals surface area contributed by atoms with Crippen molar-refractivity contribution in [3.63, 3.8) is 0 Å². The SMILES string of the molecule is COCc1ccc(OC(=O)O)c(OC(=O)O)n1. The van der Waals surface area contributed by atoms with Crippen LogP contribution < -0.4 is 9.47 Å². The first-order valence-corrected chi connectivity index (χ1v) is 4.33. The van der Waals surface area contributed by atoms with Crippen molar-refractivity contribution in [2.24, 2.45) is 0 Å². The van der Waals surface area contributed by atoms with Crippen molar-refractivity contribution in [1.82, 2.24) is 4.98 Å². The van der Waals surface area contributed by atoms with Gasteiger partial charge in [-0.2, -0.15) is 0 Å². The van der Waals surface area contributed by atoms with E-state index >= 15 is 0 Å². The van der Waals surface area contributed by atoms with Gasteiger partial charge in [0.15, 0.2) is 5.75 Å². The molecular weight excluding hydrogens is 234 g/mol. The summed E-state index contributed by atoms with van der Waals surface area (Å²) >= 11 is 0. The third-order valence-corrected chi connectivity index (χ3v) is 1.56. The van der Waals surface area contributed by atoms with E-state index in [1.807, 2.05) is 0 Å². The molecule has 0 atom stereocenters. The van der Waals surface area contributed by atoms with Gasteiger partial charge >= 0.3 is 12.3 Å². The van der Waals surface area contributed by atoms with Crippen LogP contribution in [0.15, 0.2) is 12.1 Å². The first kappa shape index (κ1) is 12.7. The molecule has 17 heavy (non-hydrogen) atoms. The summed E-state index contributed by atoms with van der Waals surface area (Å²) in [6.07, 6.45) is -3.22. The van der Waals surface area contributed by atoms with E-state index in [2.05, 4.69) is 14.5 Å². The molecular formula is C9H9NO7. The summed E-state index contributed by atoms with van der Waals surface area (Å²) in [5.74, 6) is -0.755. The van der Waals surface area contributed by atoms with E-state index in [0.29, 0.717) is 5.69 Å². The minimum Gasteiger partial charge on any atom is -0.449 e. The number of hydrogen-bond donors (Lipinski definition) is 2. The van der Waals surface area contributed by atoms with Crippen LogP contribution in [-0.4, -0.2) is 34.6 Å². The summed E-state index contributed by atoms with van der Waals surface area (Å²) in [6.45, 7) is 0.128. The Morgan fingerprint density at radius 2 is 1.88 bits per heavy atom. The lowest BCUT2D eigenvalue weighted by Crippen LogP contribution is -2.10. The Hall–Kier alpha value is -2.35. The Morgan fingerprint density at radius 3 is 2.41 bits per heavy atom. The van der Waals surface area contributed by atoms with Gasteiger partial charge in [-0.1, -0.05) is 0 Å². The molecule has 92 valence electrons. The summed E-state index contributed by atoms with van der Waals surface area (Å²) in [5, 5.41) is 16.9. The van der Waals surface area contributed by atoms with Crippen LogP contribution in [0, 0.1) is 0 Å². The Bertz CT molecular complexity index is 431. The first-order chi connectivity index (χ1) is 8.02. The maximum absolute atomic E-state index is 10.4. The Labute approximate surface area is 95.4 Å². The molecule has 0 amide bonds. The van der Waals surface area contributed by atoms with Crippen LogP contribution in [0.5, 0.6) is 11.6 Å². The molecule has 0 aromatic carbocycles. The van der Waals surface area contributed by atoms with Gasteiger partial charge < -0.3 is 24.4 Å². The van der Waals surface area contributed by atoms with E-state index in [4.69, 9.17) is 14.9 Å². The largest absolute Gasteiger partial charge is 0.512 e. The van der Waals surface area contributed by atoms with Gasteiger partial charge in [0, 0.05) is 7.11 Å². The molecule has 8 nitrogen and oxygen atoms in total. The molecule has 0 bridgehead atoms. The smallest absolute Gasteiger partial charge is 0.449 e. The number of methoxy groups -OCH3 is 1. The second-order valence-electron chi connectivity index (χ2n) is 2.77. The molecule has 0 saturated heterocycles. The summed E-state index contributed by atoms with van der Waals surface area (Å²) in [6, 6.07) is 2.66. The number of pyridine rings is 1. The van der Waals surface area contributed by atoms with E-state index in [0.717, 1.165) is 0 Å². The minimum absolute atomic E-state index is 0.128. The predicted octanol–water partition coefficient (Wildman–Crippen LogP) is 1.34. The van der Waals surface area contributed by atoms with Crippen LogP contribution in [0.2, 0.25) is 0 Å². The van der Waals surface area contributed by atoms with E-state index in [9.17, 15) is 9.59 Å². The lowest BCUT2D eigenvalue weighted by Gasteiger charge is -2.07. The van der Waals surface area contributed by atoms with E-state index in [1.165, 1.54) is 19.2 Å². The van der Waals surface area contributed by atoms with Gasteiger partial charge in [-0.3, -0.25) is 0 Å². The van der Waals surface area contributed by atoms with Gasteiger partial charge in [-0.15, -0.1) is 0 Å². The average molecular weight is 243 g/mol. The quantitative estimate of drug-likeness (QED) is 0.761. The summed E-state index contributed by atoms with van der Waals surface area (Å²) in [4.78, 5) is 24.5. The maximum atomic E-state index is 10.4. The third-order valence-electron chi connectivity index (χ3n) is 1.56. The second-order valence-corrected chi connectivity index (χ2v) is 2.77. The monoisotopic (exact) mass is 243 g/mol. The number of hydrogen-bond acceptors (Lipinski definition) is 6. The van der Waals surface area contributed by atoms with Crippen LogP contribution in [0.3, 0.4) is 0 Å². The Morgan fingerprint density at radius 1 is 1.24 bits per heavy atom. The van der Waals surface area contributed by atoms with Gasteiger partial charge in [0.25, 0.3) is 5.88 Å². The standard InChI is InChI=1S/C9H9NO7/c1-15-4-5-2-3-6(16-8(11)12)7(10-5)17-9(13)14/h2-3H,4H2,1H3,(H,11,12)(H,13,14). The number of aromatic nitrogens is 1. The fourth-order valence-electron chi connectivity index (χ4n) is 1.02. The highest BCUT2D eigenvalue weighted by molar-refractivity contribution is 5.65. The number of rotatable bonds is 4. The number of carbonyl (C=O) groups is 2. The first-order valence-electron chi connectivity index (χ1n) is 4.33. The van der Waals surface area contributed by atoms with Crippen molar-refractivity contribution in [1.29, 1.82) is 0 Å². The van der Waals surface area contributed by atoms with Crippen molar-refractivity contribution < 1.29 is 34.0 Å². The fourth-order valence-corrected chi connectivity index (χ4v) is 1.02. The second kappa shape index (κ2) is 5.66. The number of ether oxygens (including phenoxy) is 3. The van der Waals surface area contributed by atoms with E-state index in [1.54, 1.807) is 0 Å². The highest BCUT2D eigenvalue weighted by atomic mass is 16.7. The van der Waals surface area contributed by atoms with Crippen LogP contribution in [-0.2, 0) is 11.3 Å². The number of carboxylic acid groups (broad SMARTS) is 2. The molecule has 0 aliphatic rings. The van der Waals surface area contributed by atoms with Gasteiger partial charge in [-0.05, 0) is 12.1 Å². The molecule has 8 heteroatoms. The molecule has 1 rings (SSSR count). The van der Waals surface area contributed by atoms with Crippen LogP contribution in [0.25, 0.3) is 0 Å². The lowest BCUT2D eigenvalue weighted by molar-refractivity contribution is 0.130. The van der Waals surface area contributed by atoms with Crippen molar-refractivity contribution in [2.75, 3.05) is 7.11 Å². The van der Waals surface area contributed by atoms with Crippen LogP contribution in [0.4, 0.5) is 9.59 Å². The summed E-state index contributed by atoms with van der Waals surface area (Å²) < 4.78 is 13.4. The van der Waals surface area contributed by atoms with Crippen molar-refractivity contribution in [3.8, 4) is 11.6 Å². The molecule has 0 aliphatic carbocycles. The zero-order valence-corrected chi connectivity index (χ0v) is 8.74. The molecule has 0 saturated carbocycles. The lowest BCUT2D eigenvalue weighted by atomic mass is 10.3. The van der Waals surface area contributed by atoms with Crippen molar-refractivity contribution >= 4 is 12.3 Å². The zero-order valence-electron chi connectivity index (χ0n) is 8.74. The van der Waals surface area contributed by atoms with Crippen LogP contribution in [0.1, 0.15) is 5.69 Å². The molecule has 0 aliphatic heterocycles. The molecule has 0 radical (unpaired) electrons. The molecule has 1 aromatic heterocycles. The minimum atomic E-state index is -1.62. The highest BCUT2D eigenvalue weighted by Gasteiger charge is 2.15. The molecule has 0 spiro atoms. The molecule has 0 unspecified atom stereocenters. The van der Waals surface area contributed by atoms with Crippen molar-refractivity contribution in [2.45, 2.75) is 6.61 Å². The van der Waals surface area contributed by atoms with Gasteiger partial charge in [0.2, 0.25) is 0 Å². The number of nitrogens with zero attached hydrogens (tertiary/aromatic N) is 1. The molecule has 0 fully saturated rings. The Kier molecular flexibility index (Phi) is 4.23.